The smallest absolute Gasteiger partial charge is 0.317 e. The van der Waals surface area contributed by atoms with Gasteiger partial charge in [0.1, 0.15) is 11.5 Å². The molecular formula is C19H30N2O4. The number of likely N-dealkylation sites (tertiary alicyclic amines) is 1. The third-order valence-corrected chi connectivity index (χ3v) is 4.46. The molecule has 1 saturated heterocycles. The van der Waals surface area contributed by atoms with Crippen LogP contribution in [-0.4, -0.2) is 57.0 Å². The molecule has 0 saturated carbocycles. The Labute approximate surface area is 150 Å². The summed E-state index contributed by atoms with van der Waals surface area (Å²) in [5.41, 5.74) is 0.699. The molecule has 140 valence electrons. The number of hydrogen-bond acceptors (Lipinski definition) is 4. The number of carbonyl (C=O) groups is 1. The van der Waals surface area contributed by atoms with Crippen LogP contribution in [0.25, 0.3) is 0 Å². The summed E-state index contributed by atoms with van der Waals surface area (Å²) in [5, 5.41) is 3.06. The molecule has 6 nitrogen and oxygen atoms in total. The van der Waals surface area contributed by atoms with Crippen molar-refractivity contribution in [1.29, 1.82) is 0 Å². The Bertz CT molecular complexity index is 589. The molecule has 2 rings (SSSR count). The largest absolute Gasteiger partial charge is 0.497 e. The van der Waals surface area contributed by atoms with Crippen LogP contribution in [0, 0.1) is 0 Å². The number of methoxy groups -OCH3 is 2. The van der Waals surface area contributed by atoms with Gasteiger partial charge in [0.05, 0.1) is 26.4 Å². The van der Waals surface area contributed by atoms with Gasteiger partial charge in [-0.1, -0.05) is 0 Å². The van der Waals surface area contributed by atoms with E-state index in [4.69, 9.17) is 14.2 Å². The number of nitrogens with zero attached hydrogens (tertiary/aromatic N) is 1. The van der Waals surface area contributed by atoms with Crippen molar-refractivity contribution in [2.75, 3.05) is 40.5 Å². The van der Waals surface area contributed by atoms with Crippen molar-refractivity contribution in [2.24, 2.45) is 0 Å². The van der Waals surface area contributed by atoms with Crippen LogP contribution in [0.4, 0.5) is 4.79 Å². The highest BCUT2D eigenvalue weighted by Gasteiger charge is 2.31. The summed E-state index contributed by atoms with van der Waals surface area (Å²) in [6.45, 7) is 8.42. The zero-order chi connectivity index (χ0) is 18.4. The summed E-state index contributed by atoms with van der Waals surface area (Å²) >= 11 is 0. The third-order valence-electron chi connectivity index (χ3n) is 4.46. The van der Waals surface area contributed by atoms with Crippen LogP contribution in [0.15, 0.2) is 18.2 Å². The number of hydrogen-bond donors (Lipinski definition) is 1. The Kier molecular flexibility index (Phi) is 6.53. The van der Waals surface area contributed by atoms with Gasteiger partial charge in [-0.3, -0.25) is 0 Å². The summed E-state index contributed by atoms with van der Waals surface area (Å²) in [4.78, 5) is 14.4. The van der Waals surface area contributed by atoms with Crippen LogP contribution in [0.1, 0.15) is 38.7 Å². The lowest BCUT2D eigenvalue weighted by molar-refractivity contribution is 0.0918. The first kappa shape index (κ1) is 19.4. The first-order valence-electron chi connectivity index (χ1n) is 8.77. The molecule has 1 fully saturated rings. The van der Waals surface area contributed by atoms with E-state index in [2.05, 4.69) is 5.32 Å². The number of ether oxygens (including phenoxy) is 3. The SMILES string of the molecule is CCOCC(C)(C)NC(=O)N1CC[C@@H](c2cc(OC)ccc2OC)C1. The fourth-order valence-corrected chi connectivity index (χ4v) is 3.12. The highest BCUT2D eigenvalue weighted by atomic mass is 16.5. The summed E-state index contributed by atoms with van der Waals surface area (Å²) in [5.74, 6) is 1.88. The molecule has 1 atom stereocenters. The molecule has 25 heavy (non-hydrogen) atoms. The molecule has 1 aromatic carbocycles. The van der Waals surface area contributed by atoms with Gasteiger partial charge in [-0.2, -0.15) is 0 Å². The first-order chi connectivity index (χ1) is 11.9. The average molecular weight is 350 g/mol. The number of amides is 2. The lowest BCUT2D eigenvalue weighted by Crippen LogP contribution is -2.51. The molecule has 1 N–H and O–H groups in total. The Hall–Kier alpha value is -1.95. The zero-order valence-corrected chi connectivity index (χ0v) is 15.9. The maximum atomic E-state index is 12.6. The topological polar surface area (TPSA) is 60.0 Å². The van der Waals surface area contributed by atoms with Crippen molar-refractivity contribution >= 4 is 6.03 Å². The van der Waals surface area contributed by atoms with E-state index in [0.717, 1.165) is 30.0 Å². The Balaban J connectivity index is 2.02. The molecule has 0 spiro atoms. The molecule has 0 aliphatic carbocycles. The van der Waals surface area contributed by atoms with Crippen molar-refractivity contribution in [3.05, 3.63) is 23.8 Å². The van der Waals surface area contributed by atoms with E-state index in [-0.39, 0.29) is 11.9 Å². The van der Waals surface area contributed by atoms with E-state index in [9.17, 15) is 4.79 Å². The molecule has 0 radical (unpaired) electrons. The number of benzene rings is 1. The van der Waals surface area contributed by atoms with Crippen LogP contribution in [0.5, 0.6) is 11.5 Å². The fraction of sp³-hybridized carbons (Fsp3) is 0.632. The van der Waals surface area contributed by atoms with Crippen molar-refractivity contribution < 1.29 is 19.0 Å². The molecule has 0 unspecified atom stereocenters. The summed E-state index contributed by atoms with van der Waals surface area (Å²) < 4.78 is 16.3. The van der Waals surface area contributed by atoms with Crippen LogP contribution in [-0.2, 0) is 4.74 Å². The van der Waals surface area contributed by atoms with E-state index in [1.807, 2.05) is 43.9 Å². The van der Waals surface area contributed by atoms with Crippen LogP contribution >= 0.6 is 0 Å². The molecular weight excluding hydrogens is 320 g/mol. The minimum absolute atomic E-state index is 0.0472. The van der Waals surface area contributed by atoms with Gasteiger partial charge in [-0.15, -0.1) is 0 Å². The Morgan fingerprint density at radius 2 is 2.08 bits per heavy atom. The second-order valence-corrected chi connectivity index (χ2v) is 6.99. The third kappa shape index (κ3) is 5.01. The lowest BCUT2D eigenvalue weighted by Gasteiger charge is -2.29. The highest BCUT2D eigenvalue weighted by Crippen LogP contribution is 2.36. The molecule has 0 bridgehead atoms. The molecule has 2 amide bonds. The number of urea groups is 1. The van der Waals surface area contributed by atoms with Gasteiger partial charge >= 0.3 is 6.03 Å². The number of rotatable bonds is 7. The van der Waals surface area contributed by atoms with Crippen LogP contribution in [0.2, 0.25) is 0 Å². The van der Waals surface area contributed by atoms with E-state index in [0.29, 0.717) is 19.8 Å². The zero-order valence-electron chi connectivity index (χ0n) is 15.9. The maximum Gasteiger partial charge on any atom is 0.317 e. The molecule has 6 heteroatoms. The predicted octanol–water partition coefficient (Wildman–Crippen LogP) is 3.02. The second-order valence-electron chi connectivity index (χ2n) is 6.99. The molecule has 1 aliphatic rings. The standard InChI is InChI=1S/C19H30N2O4/c1-6-25-13-19(2,3)20-18(22)21-10-9-14(12-21)16-11-15(23-4)7-8-17(16)24-5/h7-8,11,14H,6,9-10,12-13H2,1-5H3,(H,20,22)/t14-/m1/s1. The number of carbonyl (C=O) groups excluding carboxylic acids is 1. The van der Waals surface area contributed by atoms with Gasteiger partial charge in [0.15, 0.2) is 0 Å². The Morgan fingerprint density at radius 3 is 2.72 bits per heavy atom. The van der Waals surface area contributed by atoms with E-state index >= 15 is 0 Å². The van der Waals surface area contributed by atoms with Crippen molar-refractivity contribution in [2.45, 2.75) is 38.6 Å². The van der Waals surface area contributed by atoms with Gasteiger partial charge in [0.2, 0.25) is 0 Å². The molecule has 1 aliphatic heterocycles. The summed E-state index contributed by atoms with van der Waals surface area (Å²) in [6, 6.07) is 5.76. The van der Waals surface area contributed by atoms with E-state index in [1.54, 1.807) is 14.2 Å². The maximum absolute atomic E-state index is 12.6. The van der Waals surface area contributed by atoms with Crippen LogP contribution in [0.3, 0.4) is 0 Å². The van der Waals surface area contributed by atoms with Crippen molar-refractivity contribution in [3.8, 4) is 11.5 Å². The minimum atomic E-state index is -0.390. The van der Waals surface area contributed by atoms with Gasteiger partial charge in [0, 0.05) is 31.2 Å². The number of nitrogens with one attached hydrogen (secondary N) is 1. The van der Waals surface area contributed by atoms with Gasteiger partial charge in [-0.25, -0.2) is 4.79 Å². The summed E-state index contributed by atoms with van der Waals surface area (Å²) in [6.07, 6.45) is 0.906. The van der Waals surface area contributed by atoms with Crippen molar-refractivity contribution in [1.82, 2.24) is 10.2 Å². The Morgan fingerprint density at radius 1 is 1.32 bits per heavy atom. The van der Waals surface area contributed by atoms with E-state index < -0.39 is 5.54 Å². The minimum Gasteiger partial charge on any atom is -0.497 e. The first-order valence-corrected chi connectivity index (χ1v) is 8.77. The van der Waals surface area contributed by atoms with Crippen LogP contribution < -0.4 is 14.8 Å². The van der Waals surface area contributed by atoms with Gasteiger partial charge < -0.3 is 24.4 Å². The van der Waals surface area contributed by atoms with E-state index in [1.165, 1.54) is 0 Å². The monoisotopic (exact) mass is 350 g/mol. The molecule has 1 aromatic rings. The fourth-order valence-electron chi connectivity index (χ4n) is 3.12. The second kappa shape index (κ2) is 8.43. The summed E-state index contributed by atoms with van der Waals surface area (Å²) in [7, 11) is 3.32. The highest BCUT2D eigenvalue weighted by molar-refractivity contribution is 5.75. The average Bonchev–Trinajstić information content (AvgIpc) is 3.09. The lowest BCUT2D eigenvalue weighted by atomic mass is 9.97. The van der Waals surface area contributed by atoms with Crippen molar-refractivity contribution in [3.63, 3.8) is 0 Å². The molecule has 0 aromatic heterocycles. The predicted molar refractivity (Wildman–Crippen MR) is 97.6 cm³/mol. The van der Waals surface area contributed by atoms with Gasteiger partial charge in [0.25, 0.3) is 0 Å². The molecule has 1 heterocycles. The normalized spacial score (nSPS) is 17.5. The quantitative estimate of drug-likeness (QED) is 0.821. The van der Waals surface area contributed by atoms with Gasteiger partial charge in [-0.05, 0) is 45.4 Å².